The van der Waals surface area contributed by atoms with Gasteiger partial charge < -0.3 is 10.6 Å². The van der Waals surface area contributed by atoms with Crippen LogP contribution in [0.5, 0.6) is 0 Å². The number of aromatic amines is 1. The topological polar surface area (TPSA) is 92.1 Å². The smallest absolute Gasteiger partial charge is 0.269 e. The van der Waals surface area contributed by atoms with Crippen molar-refractivity contribution < 1.29 is 9.59 Å². The first kappa shape index (κ1) is 15.6. The zero-order valence-electron chi connectivity index (χ0n) is 12.5. The number of H-pyrrole nitrogens is 1. The molecule has 0 radical (unpaired) electrons. The fraction of sp³-hybridized carbons (Fsp3) is 0.312. The molecule has 3 N–H and O–H groups in total. The summed E-state index contributed by atoms with van der Waals surface area (Å²) < 4.78 is 0. The van der Waals surface area contributed by atoms with Crippen LogP contribution in [0.2, 0.25) is 5.02 Å². The molecule has 1 fully saturated rings. The zero-order valence-corrected chi connectivity index (χ0v) is 13.2. The molecule has 0 saturated carbocycles. The van der Waals surface area contributed by atoms with E-state index in [0.29, 0.717) is 17.1 Å². The molecule has 3 rings (SSSR count). The number of likely N-dealkylation sites (tertiary alicyclic amines) is 1. The maximum atomic E-state index is 12.8. The summed E-state index contributed by atoms with van der Waals surface area (Å²) in [6.45, 7) is 0.654. The molecule has 2 aromatic rings. The van der Waals surface area contributed by atoms with Crippen LogP contribution in [-0.4, -0.2) is 33.5 Å². The number of piperidine rings is 1. The quantitative estimate of drug-likeness (QED) is 0.904. The number of carbonyl (C=O) groups excluding carboxylic acids is 2. The second-order valence-corrected chi connectivity index (χ2v) is 6.03. The first-order valence-electron chi connectivity index (χ1n) is 7.48. The Bertz CT molecular complexity index is 743. The molecule has 23 heavy (non-hydrogen) atoms. The number of amides is 2. The third kappa shape index (κ3) is 3.22. The van der Waals surface area contributed by atoms with E-state index in [-0.39, 0.29) is 17.6 Å². The van der Waals surface area contributed by atoms with E-state index in [2.05, 4.69) is 10.2 Å². The lowest BCUT2D eigenvalue weighted by Crippen LogP contribution is -2.38. The summed E-state index contributed by atoms with van der Waals surface area (Å²) in [5.74, 6) is -0.663. The summed E-state index contributed by atoms with van der Waals surface area (Å²) in [7, 11) is 0. The molecule has 7 heteroatoms. The molecule has 1 atom stereocenters. The number of nitrogens with two attached hydrogens (primary N) is 1. The summed E-state index contributed by atoms with van der Waals surface area (Å²) in [4.78, 5) is 25.8. The normalized spacial score (nSPS) is 18.0. The number of halogens is 1. The van der Waals surface area contributed by atoms with Gasteiger partial charge in [-0.2, -0.15) is 5.10 Å². The van der Waals surface area contributed by atoms with Crippen LogP contribution in [0.4, 0.5) is 0 Å². The molecule has 0 bridgehead atoms. The van der Waals surface area contributed by atoms with Crippen LogP contribution in [0.1, 0.15) is 51.8 Å². The van der Waals surface area contributed by atoms with Crippen LogP contribution in [0.15, 0.2) is 30.3 Å². The Labute approximate surface area is 138 Å². The second-order valence-electron chi connectivity index (χ2n) is 5.59. The molecule has 0 spiro atoms. The monoisotopic (exact) mass is 332 g/mol. The molecule has 2 heterocycles. The Balaban J connectivity index is 1.88. The van der Waals surface area contributed by atoms with Gasteiger partial charge in [0.15, 0.2) is 0 Å². The van der Waals surface area contributed by atoms with Crippen LogP contribution in [0.25, 0.3) is 0 Å². The number of aromatic nitrogens is 2. The minimum atomic E-state index is -0.587. The van der Waals surface area contributed by atoms with Crippen molar-refractivity contribution in [2.24, 2.45) is 5.73 Å². The van der Waals surface area contributed by atoms with Gasteiger partial charge in [0.1, 0.15) is 5.69 Å². The Hall–Kier alpha value is -2.34. The molecule has 1 saturated heterocycles. The summed E-state index contributed by atoms with van der Waals surface area (Å²) >= 11 is 5.98. The highest BCUT2D eigenvalue weighted by molar-refractivity contribution is 6.30. The van der Waals surface area contributed by atoms with Gasteiger partial charge in [-0.25, -0.2) is 0 Å². The predicted octanol–water partition coefficient (Wildman–Crippen LogP) is 2.53. The molecule has 1 unspecified atom stereocenters. The van der Waals surface area contributed by atoms with Crippen molar-refractivity contribution >= 4 is 23.4 Å². The van der Waals surface area contributed by atoms with Crippen LogP contribution < -0.4 is 5.73 Å². The predicted molar refractivity (Wildman–Crippen MR) is 86.2 cm³/mol. The molecule has 120 valence electrons. The van der Waals surface area contributed by atoms with E-state index in [9.17, 15) is 9.59 Å². The number of benzene rings is 1. The van der Waals surface area contributed by atoms with Gasteiger partial charge in [0.25, 0.3) is 11.8 Å². The van der Waals surface area contributed by atoms with E-state index in [4.69, 9.17) is 17.3 Å². The molecular formula is C16H17ClN4O2. The van der Waals surface area contributed by atoms with Crippen molar-refractivity contribution in [3.8, 4) is 0 Å². The van der Waals surface area contributed by atoms with Gasteiger partial charge in [-0.05, 0) is 43.5 Å². The van der Waals surface area contributed by atoms with E-state index in [1.54, 1.807) is 35.2 Å². The summed E-state index contributed by atoms with van der Waals surface area (Å²) in [5.41, 5.74) is 6.71. The van der Waals surface area contributed by atoms with E-state index < -0.39 is 5.91 Å². The summed E-state index contributed by atoms with van der Waals surface area (Å²) in [6.07, 6.45) is 2.77. The fourth-order valence-corrected chi connectivity index (χ4v) is 3.11. The number of nitrogens with one attached hydrogen (secondary N) is 1. The van der Waals surface area contributed by atoms with Crippen molar-refractivity contribution in [2.75, 3.05) is 6.54 Å². The lowest BCUT2D eigenvalue weighted by Gasteiger charge is -2.35. The van der Waals surface area contributed by atoms with Gasteiger partial charge >= 0.3 is 0 Å². The largest absolute Gasteiger partial charge is 0.364 e. The third-order valence-electron chi connectivity index (χ3n) is 4.04. The van der Waals surface area contributed by atoms with Gasteiger partial charge in [-0.1, -0.05) is 17.7 Å². The molecule has 1 aromatic heterocycles. The highest BCUT2D eigenvalue weighted by Gasteiger charge is 2.30. The van der Waals surface area contributed by atoms with Crippen LogP contribution >= 0.6 is 11.6 Å². The molecular weight excluding hydrogens is 316 g/mol. The molecule has 1 aromatic carbocycles. The molecule has 2 amide bonds. The number of hydrogen-bond acceptors (Lipinski definition) is 3. The van der Waals surface area contributed by atoms with Crippen molar-refractivity contribution in [3.63, 3.8) is 0 Å². The standard InChI is InChI=1S/C16H17ClN4O2/c17-11-5-3-4-10(8-11)16(23)21-7-2-1-6-14(21)12-9-13(15(18)22)20-19-12/h3-5,8-9,14H,1-2,6-7H2,(H2,18,22)(H,19,20). The number of carbonyl (C=O) groups is 2. The van der Waals surface area contributed by atoms with Crippen molar-refractivity contribution in [2.45, 2.75) is 25.3 Å². The molecule has 1 aliphatic heterocycles. The van der Waals surface area contributed by atoms with Crippen molar-refractivity contribution in [1.29, 1.82) is 0 Å². The van der Waals surface area contributed by atoms with Gasteiger partial charge in [0.2, 0.25) is 0 Å². The van der Waals surface area contributed by atoms with Crippen molar-refractivity contribution in [3.05, 3.63) is 52.3 Å². The molecule has 1 aliphatic rings. The van der Waals surface area contributed by atoms with Crippen LogP contribution in [0, 0.1) is 0 Å². The molecule has 6 nitrogen and oxygen atoms in total. The SMILES string of the molecule is NC(=O)c1cc(C2CCCCN2C(=O)c2cccc(Cl)c2)[nH]n1. The second kappa shape index (κ2) is 6.42. The number of nitrogens with zero attached hydrogens (tertiary/aromatic N) is 2. The first-order chi connectivity index (χ1) is 11.1. The lowest BCUT2D eigenvalue weighted by atomic mass is 9.98. The maximum Gasteiger partial charge on any atom is 0.269 e. The Kier molecular flexibility index (Phi) is 4.34. The Morgan fingerprint density at radius 3 is 2.83 bits per heavy atom. The van der Waals surface area contributed by atoms with Gasteiger partial charge in [-0.15, -0.1) is 0 Å². The van der Waals surface area contributed by atoms with E-state index in [1.807, 2.05) is 0 Å². The summed E-state index contributed by atoms with van der Waals surface area (Å²) in [5, 5.41) is 7.28. The van der Waals surface area contributed by atoms with Gasteiger partial charge in [0, 0.05) is 17.1 Å². The Morgan fingerprint density at radius 1 is 1.30 bits per heavy atom. The fourth-order valence-electron chi connectivity index (χ4n) is 2.92. The van der Waals surface area contributed by atoms with Crippen LogP contribution in [-0.2, 0) is 0 Å². The zero-order chi connectivity index (χ0) is 16.4. The minimum Gasteiger partial charge on any atom is -0.364 e. The third-order valence-corrected chi connectivity index (χ3v) is 4.28. The maximum absolute atomic E-state index is 12.8. The highest BCUT2D eigenvalue weighted by atomic mass is 35.5. The van der Waals surface area contributed by atoms with E-state index >= 15 is 0 Å². The average molecular weight is 333 g/mol. The minimum absolute atomic E-state index is 0.0765. The number of hydrogen-bond donors (Lipinski definition) is 2. The number of rotatable bonds is 3. The van der Waals surface area contributed by atoms with Crippen LogP contribution in [0.3, 0.4) is 0 Å². The van der Waals surface area contributed by atoms with Crippen molar-refractivity contribution in [1.82, 2.24) is 15.1 Å². The van der Waals surface area contributed by atoms with E-state index in [0.717, 1.165) is 25.0 Å². The average Bonchev–Trinajstić information content (AvgIpc) is 3.04. The molecule has 0 aliphatic carbocycles. The highest BCUT2D eigenvalue weighted by Crippen LogP contribution is 2.31. The van der Waals surface area contributed by atoms with Gasteiger partial charge in [-0.3, -0.25) is 14.7 Å². The lowest BCUT2D eigenvalue weighted by molar-refractivity contribution is 0.0606. The Morgan fingerprint density at radius 2 is 2.13 bits per heavy atom. The number of primary amides is 1. The van der Waals surface area contributed by atoms with Gasteiger partial charge in [0.05, 0.1) is 11.7 Å². The first-order valence-corrected chi connectivity index (χ1v) is 7.85. The van der Waals surface area contributed by atoms with E-state index in [1.165, 1.54) is 0 Å². The summed E-state index contributed by atoms with van der Waals surface area (Å²) in [6, 6.07) is 8.39.